The lowest BCUT2D eigenvalue weighted by Gasteiger charge is -1.97. The SMILES string of the molecule is COC(=O)C=C1COc2cc(Br)ccc21. The zero-order valence-electron chi connectivity index (χ0n) is 8.12. The van der Waals surface area contributed by atoms with Gasteiger partial charge in [0.25, 0.3) is 0 Å². The minimum Gasteiger partial charge on any atom is -0.488 e. The quantitative estimate of drug-likeness (QED) is 0.580. The van der Waals surface area contributed by atoms with Gasteiger partial charge in [-0.3, -0.25) is 0 Å². The molecule has 1 aromatic carbocycles. The van der Waals surface area contributed by atoms with Crippen LogP contribution in [0.15, 0.2) is 28.7 Å². The van der Waals surface area contributed by atoms with Gasteiger partial charge in [0.1, 0.15) is 12.4 Å². The Morgan fingerprint density at radius 3 is 3.13 bits per heavy atom. The molecule has 0 saturated carbocycles. The van der Waals surface area contributed by atoms with Crippen LogP contribution < -0.4 is 4.74 Å². The van der Waals surface area contributed by atoms with E-state index in [0.29, 0.717) is 6.61 Å². The van der Waals surface area contributed by atoms with E-state index in [9.17, 15) is 4.79 Å². The third kappa shape index (κ3) is 2.04. The van der Waals surface area contributed by atoms with Gasteiger partial charge in [0.05, 0.1) is 7.11 Å². The van der Waals surface area contributed by atoms with Gasteiger partial charge in [-0.2, -0.15) is 0 Å². The van der Waals surface area contributed by atoms with Crippen molar-refractivity contribution in [2.75, 3.05) is 13.7 Å². The summed E-state index contributed by atoms with van der Waals surface area (Å²) in [5, 5.41) is 0. The molecule has 0 spiro atoms. The molecule has 0 bridgehead atoms. The summed E-state index contributed by atoms with van der Waals surface area (Å²) in [6.45, 7) is 0.418. The van der Waals surface area contributed by atoms with Crippen molar-refractivity contribution in [3.05, 3.63) is 34.3 Å². The number of hydrogen-bond donors (Lipinski definition) is 0. The normalized spacial score (nSPS) is 16.0. The first-order valence-electron chi connectivity index (χ1n) is 4.42. The molecule has 4 heteroatoms. The number of carbonyl (C=O) groups is 1. The van der Waals surface area contributed by atoms with Crippen LogP contribution in [0.2, 0.25) is 0 Å². The van der Waals surface area contributed by atoms with E-state index in [1.807, 2.05) is 18.2 Å². The molecule has 2 rings (SSSR count). The molecular formula is C11H9BrO3. The largest absolute Gasteiger partial charge is 0.488 e. The fourth-order valence-electron chi connectivity index (χ4n) is 1.43. The first kappa shape index (κ1) is 10.2. The minimum atomic E-state index is -0.357. The maximum absolute atomic E-state index is 11.1. The molecular weight excluding hydrogens is 260 g/mol. The third-order valence-electron chi connectivity index (χ3n) is 2.17. The first-order valence-corrected chi connectivity index (χ1v) is 5.21. The fourth-order valence-corrected chi connectivity index (χ4v) is 1.77. The van der Waals surface area contributed by atoms with Crippen molar-refractivity contribution in [2.24, 2.45) is 0 Å². The third-order valence-corrected chi connectivity index (χ3v) is 2.66. The number of esters is 1. The number of rotatable bonds is 1. The van der Waals surface area contributed by atoms with Crippen molar-refractivity contribution in [3.8, 4) is 5.75 Å². The van der Waals surface area contributed by atoms with Gasteiger partial charge in [0.15, 0.2) is 0 Å². The summed E-state index contributed by atoms with van der Waals surface area (Å²) in [7, 11) is 1.36. The molecule has 0 atom stereocenters. The Balaban J connectivity index is 2.37. The molecule has 1 aliphatic heterocycles. The van der Waals surface area contributed by atoms with Gasteiger partial charge in [0, 0.05) is 21.7 Å². The Labute approximate surface area is 95.8 Å². The summed E-state index contributed by atoms with van der Waals surface area (Å²) < 4.78 is 11.0. The van der Waals surface area contributed by atoms with E-state index in [2.05, 4.69) is 20.7 Å². The van der Waals surface area contributed by atoms with Crippen LogP contribution in [0.3, 0.4) is 0 Å². The van der Waals surface area contributed by atoms with E-state index in [0.717, 1.165) is 21.4 Å². The average molecular weight is 269 g/mol. The Morgan fingerprint density at radius 2 is 2.40 bits per heavy atom. The van der Waals surface area contributed by atoms with Gasteiger partial charge >= 0.3 is 5.97 Å². The maximum Gasteiger partial charge on any atom is 0.330 e. The smallest absolute Gasteiger partial charge is 0.330 e. The van der Waals surface area contributed by atoms with Gasteiger partial charge in [-0.25, -0.2) is 4.79 Å². The minimum absolute atomic E-state index is 0.357. The molecule has 1 aromatic rings. The topological polar surface area (TPSA) is 35.5 Å². The zero-order valence-corrected chi connectivity index (χ0v) is 9.71. The van der Waals surface area contributed by atoms with Crippen LogP contribution in [0.25, 0.3) is 5.57 Å². The second-order valence-corrected chi connectivity index (χ2v) is 4.04. The highest BCUT2D eigenvalue weighted by atomic mass is 79.9. The zero-order chi connectivity index (χ0) is 10.8. The van der Waals surface area contributed by atoms with E-state index >= 15 is 0 Å². The number of ether oxygens (including phenoxy) is 2. The molecule has 1 heterocycles. The molecule has 1 aliphatic rings. The standard InChI is InChI=1S/C11H9BrO3/c1-14-11(13)4-7-6-15-10-5-8(12)2-3-9(7)10/h2-5H,6H2,1H3. The van der Waals surface area contributed by atoms with Gasteiger partial charge in [-0.15, -0.1) is 0 Å². The lowest BCUT2D eigenvalue weighted by molar-refractivity contribution is -0.134. The van der Waals surface area contributed by atoms with Crippen LogP contribution in [-0.2, 0) is 9.53 Å². The summed E-state index contributed by atoms with van der Waals surface area (Å²) in [4.78, 5) is 11.1. The predicted octanol–water partition coefficient (Wildman–Crippen LogP) is 2.40. The summed E-state index contributed by atoms with van der Waals surface area (Å²) in [5.74, 6) is 0.434. The fraction of sp³-hybridized carbons (Fsp3) is 0.182. The van der Waals surface area contributed by atoms with Gasteiger partial charge in [-0.1, -0.05) is 15.9 Å². The van der Waals surface area contributed by atoms with Gasteiger partial charge < -0.3 is 9.47 Å². The highest BCUT2D eigenvalue weighted by molar-refractivity contribution is 9.10. The molecule has 0 amide bonds. The molecule has 15 heavy (non-hydrogen) atoms. The number of halogens is 1. The van der Waals surface area contributed by atoms with Crippen molar-refractivity contribution in [3.63, 3.8) is 0 Å². The summed E-state index contributed by atoms with van der Waals surface area (Å²) >= 11 is 3.36. The van der Waals surface area contributed by atoms with Crippen molar-refractivity contribution in [2.45, 2.75) is 0 Å². The van der Waals surface area contributed by atoms with Gasteiger partial charge in [-0.05, 0) is 18.2 Å². The van der Waals surface area contributed by atoms with E-state index in [4.69, 9.17) is 4.74 Å². The molecule has 0 N–H and O–H groups in total. The monoisotopic (exact) mass is 268 g/mol. The van der Waals surface area contributed by atoms with Crippen molar-refractivity contribution in [1.82, 2.24) is 0 Å². The summed E-state index contributed by atoms with van der Waals surface area (Å²) in [6, 6.07) is 5.72. The second-order valence-electron chi connectivity index (χ2n) is 3.12. The number of hydrogen-bond acceptors (Lipinski definition) is 3. The van der Waals surface area contributed by atoms with Crippen LogP contribution in [0.5, 0.6) is 5.75 Å². The average Bonchev–Trinajstić information content (AvgIpc) is 2.60. The van der Waals surface area contributed by atoms with E-state index in [1.54, 1.807) is 0 Å². The van der Waals surface area contributed by atoms with Crippen molar-refractivity contribution in [1.29, 1.82) is 0 Å². The summed E-state index contributed by atoms with van der Waals surface area (Å²) in [6.07, 6.45) is 1.46. The van der Waals surface area contributed by atoms with Crippen LogP contribution in [-0.4, -0.2) is 19.7 Å². The first-order chi connectivity index (χ1) is 7.20. The van der Waals surface area contributed by atoms with E-state index in [-0.39, 0.29) is 5.97 Å². The maximum atomic E-state index is 11.1. The van der Waals surface area contributed by atoms with Crippen molar-refractivity contribution < 1.29 is 14.3 Å². The lowest BCUT2D eigenvalue weighted by Crippen LogP contribution is -1.97. The molecule has 0 unspecified atom stereocenters. The second kappa shape index (κ2) is 4.06. The Kier molecular flexibility index (Phi) is 2.77. The number of methoxy groups -OCH3 is 1. The Morgan fingerprint density at radius 1 is 1.60 bits per heavy atom. The van der Waals surface area contributed by atoms with Crippen LogP contribution >= 0.6 is 15.9 Å². The van der Waals surface area contributed by atoms with E-state index < -0.39 is 0 Å². The molecule has 0 aliphatic carbocycles. The predicted molar refractivity (Wildman–Crippen MR) is 59.6 cm³/mol. The number of carbonyl (C=O) groups excluding carboxylic acids is 1. The van der Waals surface area contributed by atoms with E-state index in [1.165, 1.54) is 13.2 Å². The molecule has 0 aromatic heterocycles. The van der Waals surface area contributed by atoms with Crippen molar-refractivity contribution >= 4 is 27.5 Å². The highest BCUT2D eigenvalue weighted by Crippen LogP contribution is 2.35. The number of benzene rings is 1. The lowest BCUT2D eigenvalue weighted by atomic mass is 10.1. The molecule has 0 fully saturated rings. The van der Waals surface area contributed by atoms with Gasteiger partial charge in [0.2, 0.25) is 0 Å². The summed E-state index contributed by atoms with van der Waals surface area (Å²) in [5.41, 5.74) is 1.80. The molecule has 78 valence electrons. The van der Waals surface area contributed by atoms with Crippen LogP contribution in [0.1, 0.15) is 5.56 Å². The Bertz CT molecular complexity index is 437. The molecule has 0 saturated heterocycles. The molecule has 3 nitrogen and oxygen atoms in total. The van der Waals surface area contributed by atoms with Crippen LogP contribution in [0, 0.1) is 0 Å². The molecule has 0 radical (unpaired) electrons. The number of fused-ring (bicyclic) bond motifs is 1. The Hall–Kier alpha value is -1.29. The van der Waals surface area contributed by atoms with Crippen LogP contribution in [0.4, 0.5) is 0 Å². The highest BCUT2D eigenvalue weighted by Gasteiger charge is 2.18.